The molecule has 2 amide bonds. The van der Waals surface area contributed by atoms with Crippen molar-refractivity contribution >= 4 is 23.2 Å². The molecule has 3 rings (SSSR count). The van der Waals surface area contributed by atoms with Crippen molar-refractivity contribution in [3.8, 4) is 5.75 Å². The molecule has 0 saturated heterocycles. The summed E-state index contributed by atoms with van der Waals surface area (Å²) in [5, 5.41) is 6.58. The van der Waals surface area contributed by atoms with E-state index in [4.69, 9.17) is 9.26 Å². The van der Waals surface area contributed by atoms with Gasteiger partial charge in [0.15, 0.2) is 6.61 Å². The molecule has 2 heterocycles. The average Bonchev–Trinajstić information content (AvgIpc) is 2.86. The van der Waals surface area contributed by atoms with Crippen LogP contribution in [0.25, 0.3) is 0 Å². The van der Waals surface area contributed by atoms with E-state index in [1.165, 1.54) is 0 Å². The summed E-state index contributed by atoms with van der Waals surface area (Å²) in [5.74, 6) is 0.690. The number of hydrogen-bond acceptors (Lipinski definition) is 5. The number of carbonyl (C=O) groups is 2. The van der Waals surface area contributed by atoms with Crippen LogP contribution in [0, 0.1) is 13.8 Å². The Balaban J connectivity index is 1.89. The Morgan fingerprint density at radius 2 is 2.17 bits per heavy atom. The molecule has 0 atom stereocenters. The van der Waals surface area contributed by atoms with Gasteiger partial charge in [-0.25, -0.2) is 0 Å². The second kappa shape index (κ2) is 5.75. The van der Waals surface area contributed by atoms with Crippen molar-refractivity contribution in [3.05, 3.63) is 35.2 Å². The fraction of sp³-hybridized carbons (Fsp3) is 0.312. The quantitative estimate of drug-likeness (QED) is 0.939. The summed E-state index contributed by atoms with van der Waals surface area (Å²) in [6.45, 7) is 5.86. The lowest BCUT2D eigenvalue weighted by Gasteiger charge is -2.28. The second-order valence-corrected chi connectivity index (χ2v) is 5.26. The van der Waals surface area contributed by atoms with Crippen molar-refractivity contribution in [3.63, 3.8) is 0 Å². The van der Waals surface area contributed by atoms with E-state index >= 15 is 0 Å². The van der Waals surface area contributed by atoms with Gasteiger partial charge in [0.2, 0.25) is 0 Å². The Bertz CT molecular complexity index is 762. The van der Waals surface area contributed by atoms with Gasteiger partial charge in [0, 0.05) is 12.2 Å². The highest BCUT2D eigenvalue weighted by molar-refractivity contribution is 6.06. The number of fused-ring (bicyclic) bond motifs is 1. The van der Waals surface area contributed by atoms with Crippen LogP contribution in [0.2, 0.25) is 0 Å². The van der Waals surface area contributed by atoms with Crippen LogP contribution in [0.5, 0.6) is 5.75 Å². The number of aryl methyl sites for hydroxylation is 2. The fourth-order valence-corrected chi connectivity index (χ4v) is 2.63. The number of amides is 2. The number of anilines is 2. The Morgan fingerprint density at radius 1 is 1.39 bits per heavy atom. The molecular weight excluding hydrogens is 298 g/mol. The Kier molecular flexibility index (Phi) is 3.77. The first-order valence-corrected chi connectivity index (χ1v) is 7.32. The molecule has 7 heteroatoms. The third-order valence-corrected chi connectivity index (χ3v) is 3.74. The molecule has 0 unspecified atom stereocenters. The van der Waals surface area contributed by atoms with Gasteiger partial charge in [-0.2, -0.15) is 0 Å². The summed E-state index contributed by atoms with van der Waals surface area (Å²) in [4.78, 5) is 25.9. The van der Waals surface area contributed by atoms with Gasteiger partial charge in [-0.05, 0) is 39.0 Å². The summed E-state index contributed by atoms with van der Waals surface area (Å²) in [5.41, 5.74) is 2.18. The topological polar surface area (TPSA) is 84.7 Å². The lowest BCUT2D eigenvalue weighted by atomic mass is 10.1. The number of carbonyl (C=O) groups excluding carboxylic acids is 2. The van der Waals surface area contributed by atoms with Crippen molar-refractivity contribution in [2.45, 2.75) is 20.8 Å². The number of nitrogens with one attached hydrogen (secondary N) is 1. The largest absolute Gasteiger partial charge is 0.482 e. The summed E-state index contributed by atoms with van der Waals surface area (Å²) in [6, 6.07) is 5.21. The van der Waals surface area contributed by atoms with Crippen molar-refractivity contribution < 1.29 is 18.8 Å². The Labute approximate surface area is 133 Å². The number of hydrogen-bond donors (Lipinski definition) is 1. The van der Waals surface area contributed by atoms with Crippen molar-refractivity contribution in [1.29, 1.82) is 0 Å². The molecule has 1 aromatic heterocycles. The Hall–Kier alpha value is -2.83. The smallest absolute Gasteiger partial charge is 0.265 e. The highest BCUT2D eigenvalue weighted by Gasteiger charge is 2.25. The normalized spacial score (nSPS) is 13.5. The van der Waals surface area contributed by atoms with Gasteiger partial charge >= 0.3 is 0 Å². The molecule has 0 spiro atoms. The molecule has 0 saturated carbocycles. The van der Waals surface area contributed by atoms with Crippen LogP contribution in [0.4, 0.5) is 11.4 Å². The molecule has 120 valence electrons. The minimum absolute atomic E-state index is 0.0334. The number of ether oxygens (including phenoxy) is 1. The van der Waals surface area contributed by atoms with Gasteiger partial charge in [0.25, 0.3) is 11.8 Å². The van der Waals surface area contributed by atoms with Crippen LogP contribution in [0.15, 0.2) is 22.7 Å². The number of benzene rings is 1. The molecule has 1 N–H and O–H groups in total. The standard InChI is InChI=1S/C16H17N3O4/c1-4-19-12-7-11(5-6-13(12)22-8-14(19)20)17-16(21)15-9(2)18-23-10(15)3/h5-7H,4,8H2,1-3H3,(H,17,21). The molecule has 1 aromatic carbocycles. The van der Waals surface area contributed by atoms with Crippen LogP contribution in [-0.4, -0.2) is 30.1 Å². The molecular formula is C16H17N3O4. The lowest BCUT2D eigenvalue weighted by molar-refractivity contribution is -0.121. The van der Waals surface area contributed by atoms with Crippen molar-refractivity contribution in [2.75, 3.05) is 23.4 Å². The van der Waals surface area contributed by atoms with E-state index in [-0.39, 0.29) is 18.4 Å². The number of likely N-dealkylation sites (N-methyl/N-ethyl adjacent to an activating group) is 1. The summed E-state index contributed by atoms with van der Waals surface area (Å²) >= 11 is 0. The van der Waals surface area contributed by atoms with Crippen LogP contribution in [0.1, 0.15) is 28.7 Å². The lowest BCUT2D eigenvalue weighted by Crippen LogP contribution is -2.38. The number of nitrogens with zero attached hydrogens (tertiary/aromatic N) is 2. The Morgan fingerprint density at radius 3 is 2.83 bits per heavy atom. The SMILES string of the molecule is CCN1C(=O)COc2ccc(NC(=O)c3c(C)noc3C)cc21. The zero-order chi connectivity index (χ0) is 16.6. The maximum atomic E-state index is 12.4. The van der Waals surface area contributed by atoms with E-state index in [0.29, 0.717) is 40.7 Å². The highest BCUT2D eigenvalue weighted by Crippen LogP contribution is 2.34. The minimum Gasteiger partial charge on any atom is -0.482 e. The monoisotopic (exact) mass is 315 g/mol. The highest BCUT2D eigenvalue weighted by atomic mass is 16.5. The van der Waals surface area contributed by atoms with Crippen LogP contribution in [0.3, 0.4) is 0 Å². The predicted octanol–water partition coefficient (Wildman–Crippen LogP) is 2.29. The first kappa shape index (κ1) is 15.1. The van der Waals surface area contributed by atoms with E-state index in [2.05, 4.69) is 10.5 Å². The van der Waals surface area contributed by atoms with Crippen LogP contribution in [-0.2, 0) is 4.79 Å². The van der Waals surface area contributed by atoms with Crippen LogP contribution >= 0.6 is 0 Å². The first-order chi connectivity index (χ1) is 11.0. The summed E-state index contributed by atoms with van der Waals surface area (Å²) < 4.78 is 10.4. The zero-order valence-electron chi connectivity index (χ0n) is 13.2. The van der Waals surface area contributed by atoms with Gasteiger partial charge in [-0.1, -0.05) is 5.16 Å². The molecule has 0 radical (unpaired) electrons. The molecule has 7 nitrogen and oxygen atoms in total. The van der Waals surface area contributed by atoms with Gasteiger partial charge < -0.3 is 19.5 Å². The van der Waals surface area contributed by atoms with Gasteiger partial charge in [-0.3, -0.25) is 9.59 Å². The predicted molar refractivity (Wildman–Crippen MR) is 83.9 cm³/mol. The molecule has 0 bridgehead atoms. The van der Waals surface area contributed by atoms with Gasteiger partial charge in [-0.15, -0.1) is 0 Å². The molecule has 23 heavy (non-hydrogen) atoms. The van der Waals surface area contributed by atoms with E-state index in [1.54, 1.807) is 36.9 Å². The van der Waals surface area contributed by atoms with Crippen molar-refractivity contribution in [1.82, 2.24) is 5.16 Å². The molecule has 0 aliphatic carbocycles. The fourth-order valence-electron chi connectivity index (χ4n) is 2.63. The minimum atomic E-state index is -0.299. The van der Waals surface area contributed by atoms with E-state index < -0.39 is 0 Å². The molecule has 0 fully saturated rings. The third kappa shape index (κ3) is 2.65. The average molecular weight is 315 g/mol. The van der Waals surface area contributed by atoms with E-state index in [9.17, 15) is 9.59 Å². The zero-order valence-corrected chi connectivity index (χ0v) is 13.2. The van der Waals surface area contributed by atoms with Crippen LogP contribution < -0.4 is 15.0 Å². The second-order valence-electron chi connectivity index (χ2n) is 5.26. The number of rotatable bonds is 3. The van der Waals surface area contributed by atoms with Gasteiger partial charge in [0.05, 0.1) is 11.4 Å². The molecule has 1 aliphatic heterocycles. The van der Waals surface area contributed by atoms with Crippen molar-refractivity contribution in [2.24, 2.45) is 0 Å². The maximum absolute atomic E-state index is 12.4. The van der Waals surface area contributed by atoms with E-state index in [0.717, 1.165) is 0 Å². The van der Waals surface area contributed by atoms with E-state index in [1.807, 2.05) is 6.92 Å². The summed E-state index contributed by atoms with van der Waals surface area (Å²) in [6.07, 6.45) is 0. The summed E-state index contributed by atoms with van der Waals surface area (Å²) in [7, 11) is 0. The number of aromatic nitrogens is 1. The maximum Gasteiger partial charge on any atom is 0.265 e. The first-order valence-electron chi connectivity index (χ1n) is 7.32. The molecule has 2 aromatic rings. The van der Waals surface area contributed by atoms with Gasteiger partial charge in [0.1, 0.15) is 17.1 Å². The molecule has 1 aliphatic rings. The third-order valence-electron chi connectivity index (χ3n) is 3.74.